The van der Waals surface area contributed by atoms with Crippen molar-refractivity contribution in [3.63, 3.8) is 0 Å². The van der Waals surface area contributed by atoms with Gasteiger partial charge in [-0.3, -0.25) is 0 Å². The average Bonchev–Trinajstić information content (AvgIpc) is 2.65. The Bertz CT molecular complexity index is 657. The summed E-state index contributed by atoms with van der Waals surface area (Å²) < 4.78 is 5.21. The first-order valence-corrected chi connectivity index (χ1v) is 10.5. The van der Waals surface area contributed by atoms with E-state index in [1.165, 1.54) is 32.1 Å². The number of carbonyl (C=O) groups excluding carboxylic acids is 2. The fraction of sp³-hybridized carbons (Fsp3) is 0.636. The number of benzene rings is 1. The second kappa shape index (κ2) is 7.91. The van der Waals surface area contributed by atoms with Crippen LogP contribution in [0.3, 0.4) is 0 Å². The van der Waals surface area contributed by atoms with E-state index in [1.54, 1.807) is 24.3 Å². The van der Waals surface area contributed by atoms with Gasteiger partial charge in [-0.1, -0.05) is 13.3 Å². The Labute approximate surface area is 161 Å². The first-order valence-electron chi connectivity index (χ1n) is 10.5. The molecule has 0 spiro atoms. The lowest BCUT2D eigenvalue weighted by Gasteiger charge is -2.54. The van der Waals surface area contributed by atoms with Gasteiger partial charge in [-0.2, -0.15) is 0 Å². The summed E-state index contributed by atoms with van der Waals surface area (Å²) in [6.45, 7) is 2.51. The number of rotatable bonds is 6. The van der Waals surface area contributed by atoms with Gasteiger partial charge in [-0.25, -0.2) is 9.59 Å². The number of nitrogens with one attached hydrogen (secondary N) is 2. The van der Waals surface area contributed by atoms with Crippen molar-refractivity contribution in [3.8, 4) is 0 Å². The molecule has 4 aliphatic carbocycles. The van der Waals surface area contributed by atoms with Gasteiger partial charge in [-0.05, 0) is 86.5 Å². The van der Waals surface area contributed by atoms with E-state index >= 15 is 0 Å². The second-order valence-corrected chi connectivity index (χ2v) is 8.62. The quantitative estimate of drug-likeness (QED) is 0.568. The predicted molar refractivity (Wildman–Crippen MR) is 105 cm³/mol. The van der Waals surface area contributed by atoms with Gasteiger partial charge in [0.15, 0.2) is 0 Å². The van der Waals surface area contributed by atoms with Gasteiger partial charge in [-0.15, -0.1) is 0 Å². The molecule has 2 amide bonds. The van der Waals surface area contributed by atoms with Gasteiger partial charge >= 0.3 is 12.0 Å². The molecule has 0 atom stereocenters. The van der Waals surface area contributed by atoms with Crippen molar-refractivity contribution in [2.45, 2.75) is 57.9 Å². The summed E-state index contributed by atoms with van der Waals surface area (Å²) in [5, 5.41) is 6.16. The minimum atomic E-state index is -0.312. The standard InChI is InChI=1S/C22H30N2O3/c1-2-3-8-27-21(25)16-4-6-19(7-5-16)23-22(26)24-20-17-10-14-9-15(12-17)13-18(20)11-14/h4-7,14-15,17-18,20H,2-3,8-13H2,1H3,(H2,23,24,26). The van der Waals surface area contributed by atoms with Crippen LogP contribution in [-0.4, -0.2) is 24.6 Å². The Kier molecular flexibility index (Phi) is 5.37. The maximum absolute atomic E-state index is 12.5. The molecule has 0 heterocycles. The van der Waals surface area contributed by atoms with Crippen molar-refractivity contribution in [1.29, 1.82) is 0 Å². The molecule has 0 unspecified atom stereocenters. The van der Waals surface area contributed by atoms with E-state index in [9.17, 15) is 9.59 Å². The molecule has 5 nitrogen and oxygen atoms in total. The molecule has 146 valence electrons. The van der Waals surface area contributed by atoms with Crippen molar-refractivity contribution >= 4 is 17.7 Å². The Hall–Kier alpha value is -2.04. The maximum atomic E-state index is 12.5. The molecular formula is C22H30N2O3. The molecule has 27 heavy (non-hydrogen) atoms. The molecule has 0 aliphatic heterocycles. The van der Waals surface area contributed by atoms with Gasteiger partial charge < -0.3 is 15.4 Å². The van der Waals surface area contributed by atoms with E-state index in [1.807, 2.05) is 0 Å². The lowest BCUT2D eigenvalue weighted by molar-refractivity contribution is -0.00883. The Balaban J connectivity index is 1.29. The number of anilines is 1. The van der Waals surface area contributed by atoms with E-state index in [4.69, 9.17) is 4.74 Å². The Morgan fingerprint density at radius 2 is 1.63 bits per heavy atom. The van der Waals surface area contributed by atoms with Gasteiger partial charge in [0.05, 0.1) is 12.2 Å². The minimum Gasteiger partial charge on any atom is -0.462 e. The third-order valence-electron chi connectivity index (χ3n) is 6.63. The molecule has 0 saturated heterocycles. The molecule has 5 heteroatoms. The smallest absolute Gasteiger partial charge is 0.338 e. The van der Waals surface area contributed by atoms with Crippen LogP contribution in [0.4, 0.5) is 10.5 Å². The van der Waals surface area contributed by atoms with Crippen molar-refractivity contribution in [1.82, 2.24) is 5.32 Å². The van der Waals surface area contributed by atoms with Crippen LogP contribution in [0, 0.1) is 23.7 Å². The van der Waals surface area contributed by atoms with Crippen molar-refractivity contribution in [3.05, 3.63) is 29.8 Å². The summed E-state index contributed by atoms with van der Waals surface area (Å²) in [4.78, 5) is 24.4. The lowest BCUT2D eigenvalue weighted by Crippen LogP contribution is -2.56. The fourth-order valence-electron chi connectivity index (χ4n) is 5.56. The molecule has 4 saturated carbocycles. The number of carbonyl (C=O) groups is 2. The summed E-state index contributed by atoms with van der Waals surface area (Å²) >= 11 is 0. The molecule has 1 aromatic carbocycles. The number of esters is 1. The zero-order valence-electron chi connectivity index (χ0n) is 16.1. The highest BCUT2D eigenvalue weighted by Crippen LogP contribution is 2.53. The number of hydrogen-bond donors (Lipinski definition) is 2. The molecule has 4 fully saturated rings. The van der Waals surface area contributed by atoms with Crippen molar-refractivity contribution in [2.24, 2.45) is 23.7 Å². The summed E-state index contributed by atoms with van der Waals surface area (Å²) in [5.41, 5.74) is 1.21. The lowest BCUT2D eigenvalue weighted by atomic mass is 9.54. The van der Waals surface area contributed by atoms with E-state index in [2.05, 4.69) is 17.6 Å². The van der Waals surface area contributed by atoms with Gasteiger partial charge in [0, 0.05) is 11.7 Å². The van der Waals surface area contributed by atoms with E-state index in [-0.39, 0.29) is 12.0 Å². The molecule has 4 bridgehead atoms. The topological polar surface area (TPSA) is 67.4 Å². The SMILES string of the molecule is CCCCOC(=O)c1ccc(NC(=O)NC2C3CC4CC(C3)CC2C4)cc1. The number of urea groups is 1. The monoisotopic (exact) mass is 370 g/mol. The predicted octanol–water partition coefficient (Wildman–Crippen LogP) is 4.59. The molecular weight excluding hydrogens is 340 g/mol. The van der Waals surface area contributed by atoms with Crippen LogP contribution >= 0.6 is 0 Å². The van der Waals surface area contributed by atoms with Crippen molar-refractivity contribution in [2.75, 3.05) is 11.9 Å². The molecule has 4 aliphatic rings. The third-order valence-corrected chi connectivity index (χ3v) is 6.63. The van der Waals surface area contributed by atoms with Crippen LogP contribution in [0.2, 0.25) is 0 Å². The summed E-state index contributed by atoms with van der Waals surface area (Å²) in [5.74, 6) is 2.81. The highest BCUT2D eigenvalue weighted by Gasteiger charge is 2.48. The molecule has 2 N–H and O–H groups in total. The fourth-order valence-corrected chi connectivity index (χ4v) is 5.56. The van der Waals surface area contributed by atoms with E-state index in [0.29, 0.717) is 35.7 Å². The first kappa shape index (κ1) is 18.3. The Morgan fingerprint density at radius 3 is 2.22 bits per heavy atom. The zero-order chi connectivity index (χ0) is 18.8. The molecule has 0 aromatic heterocycles. The normalized spacial score (nSPS) is 30.8. The van der Waals surface area contributed by atoms with E-state index in [0.717, 1.165) is 24.7 Å². The summed E-state index contributed by atoms with van der Waals surface area (Å²) in [7, 11) is 0. The largest absolute Gasteiger partial charge is 0.462 e. The number of amides is 2. The zero-order valence-corrected chi connectivity index (χ0v) is 16.1. The van der Waals surface area contributed by atoms with Crippen LogP contribution in [0.1, 0.15) is 62.2 Å². The van der Waals surface area contributed by atoms with Crippen molar-refractivity contribution < 1.29 is 14.3 Å². The molecule has 0 radical (unpaired) electrons. The molecule has 5 rings (SSSR count). The van der Waals surface area contributed by atoms with E-state index < -0.39 is 0 Å². The highest BCUT2D eigenvalue weighted by atomic mass is 16.5. The van der Waals surface area contributed by atoms with Crippen LogP contribution in [-0.2, 0) is 4.74 Å². The number of unbranched alkanes of at least 4 members (excludes halogenated alkanes) is 1. The van der Waals surface area contributed by atoms with Crippen LogP contribution in [0.15, 0.2) is 24.3 Å². The average molecular weight is 370 g/mol. The second-order valence-electron chi connectivity index (χ2n) is 8.62. The summed E-state index contributed by atoms with van der Waals surface area (Å²) in [6, 6.07) is 7.11. The van der Waals surface area contributed by atoms with Gasteiger partial charge in [0.2, 0.25) is 0 Å². The third kappa shape index (κ3) is 4.12. The highest BCUT2D eigenvalue weighted by molar-refractivity contribution is 5.92. The van der Waals surface area contributed by atoms with Crippen LogP contribution in [0.25, 0.3) is 0 Å². The number of ether oxygens (including phenoxy) is 1. The summed E-state index contributed by atoms with van der Waals surface area (Å²) in [6.07, 6.45) is 8.42. The number of hydrogen-bond acceptors (Lipinski definition) is 3. The maximum Gasteiger partial charge on any atom is 0.338 e. The Morgan fingerprint density at radius 1 is 1.00 bits per heavy atom. The minimum absolute atomic E-state index is 0.134. The van der Waals surface area contributed by atoms with Gasteiger partial charge in [0.1, 0.15) is 0 Å². The molecule has 1 aromatic rings. The first-order chi connectivity index (χ1) is 13.1. The van der Waals surface area contributed by atoms with Crippen LogP contribution in [0.5, 0.6) is 0 Å². The van der Waals surface area contributed by atoms with Gasteiger partial charge in [0.25, 0.3) is 0 Å². The van der Waals surface area contributed by atoms with Crippen LogP contribution < -0.4 is 10.6 Å².